The summed E-state index contributed by atoms with van der Waals surface area (Å²) in [6, 6.07) is 4.80. The highest BCUT2D eigenvalue weighted by atomic mass is 16.5. The molecular weight excluding hydrogens is 232 g/mol. The van der Waals surface area contributed by atoms with Crippen LogP contribution in [-0.2, 0) is 4.79 Å². The Morgan fingerprint density at radius 2 is 2.22 bits per heavy atom. The van der Waals surface area contributed by atoms with Gasteiger partial charge in [0.1, 0.15) is 5.75 Å². The van der Waals surface area contributed by atoms with Crippen molar-refractivity contribution in [3.05, 3.63) is 23.8 Å². The molecule has 1 aromatic carbocycles. The van der Waals surface area contributed by atoms with Gasteiger partial charge in [0.2, 0.25) is 0 Å². The topological polar surface area (TPSA) is 67.4 Å². The van der Waals surface area contributed by atoms with Gasteiger partial charge in [-0.15, -0.1) is 0 Å². The molecule has 5 nitrogen and oxygen atoms in total. The van der Waals surface area contributed by atoms with Crippen LogP contribution < -0.4 is 15.4 Å². The summed E-state index contributed by atoms with van der Waals surface area (Å²) in [4.78, 5) is 23.5. The van der Waals surface area contributed by atoms with Crippen molar-refractivity contribution in [1.82, 2.24) is 5.32 Å². The molecule has 1 aliphatic heterocycles. The molecule has 0 saturated carbocycles. The van der Waals surface area contributed by atoms with E-state index in [1.165, 1.54) is 0 Å². The third kappa shape index (κ3) is 2.22. The first-order chi connectivity index (χ1) is 8.52. The highest BCUT2D eigenvalue weighted by Crippen LogP contribution is 2.30. The first kappa shape index (κ1) is 12.6. The third-order valence-electron chi connectivity index (χ3n) is 3.02. The van der Waals surface area contributed by atoms with Crippen molar-refractivity contribution in [3.63, 3.8) is 0 Å². The summed E-state index contributed by atoms with van der Waals surface area (Å²) in [5.41, 5.74) is 1.10. The number of fused-ring (bicyclic) bond motifs is 1. The monoisotopic (exact) mass is 248 g/mol. The SMILES string of the molecule is CNC(C)C(=O)c1ccc2c(c1)NC(=O)C(C)O2. The highest BCUT2D eigenvalue weighted by Gasteiger charge is 2.24. The average Bonchev–Trinajstić information content (AvgIpc) is 2.37. The number of carbonyl (C=O) groups excluding carboxylic acids is 2. The number of rotatable bonds is 3. The zero-order valence-electron chi connectivity index (χ0n) is 10.6. The number of carbonyl (C=O) groups is 2. The zero-order chi connectivity index (χ0) is 13.3. The number of anilines is 1. The van der Waals surface area contributed by atoms with E-state index in [1.807, 2.05) is 0 Å². The summed E-state index contributed by atoms with van der Waals surface area (Å²) in [7, 11) is 1.73. The minimum atomic E-state index is -0.504. The van der Waals surface area contributed by atoms with Crippen LogP contribution in [0, 0.1) is 0 Å². The lowest BCUT2D eigenvalue weighted by Crippen LogP contribution is -2.35. The van der Waals surface area contributed by atoms with E-state index in [9.17, 15) is 9.59 Å². The lowest BCUT2D eigenvalue weighted by Gasteiger charge is -2.23. The Balaban J connectivity index is 2.30. The number of hydrogen-bond acceptors (Lipinski definition) is 4. The van der Waals surface area contributed by atoms with Crippen LogP contribution in [0.3, 0.4) is 0 Å². The molecule has 1 aromatic rings. The van der Waals surface area contributed by atoms with E-state index in [2.05, 4.69) is 10.6 Å². The van der Waals surface area contributed by atoms with Crippen LogP contribution in [0.25, 0.3) is 0 Å². The maximum Gasteiger partial charge on any atom is 0.265 e. The second-order valence-corrected chi connectivity index (χ2v) is 4.33. The van der Waals surface area contributed by atoms with Crippen molar-refractivity contribution in [3.8, 4) is 5.75 Å². The van der Waals surface area contributed by atoms with Crippen molar-refractivity contribution in [1.29, 1.82) is 0 Å². The fourth-order valence-corrected chi connectivity index (χ4v) is 1.74. The summed E-state index contributed by atoms with van der Waals surface area (Å²) in [5.74, 6) is 0.373. The number of likely N-dealkylation sites (N-methyl/N-ethyl adjacent to an activating group) is 1. The lowest BCUT2D eigenvalue weighted by atomic mass is 10.0. The van der Waals surface area contributed by atoms with Gasteiger partial charge in [-0.05, 0) is 39.1 Å². The van der Waals surface area contributed by atoms with Gasteiger partial charge in [0.05, 0.1) is 11.7 Å². The van der Waals surface area contributed by atoms with Crippen LogP contribution in [0.15, 0.2) is 18.2 Å². The molecule has 2 atom stereocenters. The Morgan fingerprint density at radius 3 is 2.89 bits per heavy atom. The fourth-order valence-electron chi connectivity index (χ4n) is 1.74. The molecule has 2 unspecified atom stereocenters. The molecule has 1 heterocycles. The number of ether oxygens (including phenoxy) is 1. The van der Waals surface area contributed by atoms with E-state index in [4.69, 9.17) is 4.74 Å². The fraction of sp³-hybridized carbons (Fsp3) is 0.385. The summed E-state index contributed by atoms with van der Waals surface area (Å²) in [6.07, 6.45) is -0.504. The molecule has 1 amide bonds. The average molecular weight is 248 g/mol. The molecule has 2 rings (SSSR count). The van der Waals surface area contributed by atoms with Gasteiger partial charge < -0.3 is 15.4 Å². The summed E-state index contributed by atoms with van der Waals surface area (Å²) in [5, 5.41) is 5.62. The van der Waals surface area contributed by atoms with Gasteiger partial charge in [0.25, 0.3) is 5.91 Å². The van der Waals surface area contributed by atoms with E-state index in [-0.39, 0.29) is 17.7 Å². The molecule has 2 N–H and O–H groups in total. The molecule has 0 saturated heterocycles. The van der Waals surface area contributed by atoms with E-state index in [1.54, 1.807) is 39.1 Å². The van der Waals surface area contributed by atoms with Crippen molar-refractivity contribution in [2.75, 3.05) is 12.4 Å². The Morgan fingerprint density at radius 1 is 1.50 bits per heavy atom. The van der Waals surface area contributed by atoms with Crippen molar-refractivity contribution in [2.24, 2.45) is 0 Å². The molecule has 0 radical (unpaired) electrons. The first-order valence-corrected chi connectivity index (χ1v) is 5.86. The predicted molar refractivity (Wildman–Crippen MR) is 68.0 cm³/mol. The van der Waals surface area contributed by atoms with Crippen molar-refractivity contribution >= 4 is 17.4 Å². The van der Waals surface area contributed by atoms with E-state index >= 15 is 0 Å². The maximum atomic E-state index is 12.0. The number of Topliss-reactive ketones (excluding diaryl/α,β-unsaturated/α-hetero) is 1. The van der Waals surface area contributed by atoms with Crippen LogP contribution in [0.2, 0.25) is 0 Å². The van der Waals surface area contributed by atoms with Gasteiger partial charge in [-0.25, -0.2) is 0 Å². The second-order valence-electron chi connectivity index (χ2n) is 4.33. The standard InChI is InChI=1S/C13H16N2O3/c1-7(14-3)12(16)9-4-5-11-10(6-9)15-13(17)8(2)18-11/h4-8,14H,1-3H3,(H,15,17). The molecule has 1 aliphatic rings. The summed E-state index contributed by atoms with van der Waals surface area (Å²) >= 11 is 0. The molecule has 96 valence electrons. The zero-order valence-corrected chi connectivity index (χ0v) is 10.6. The molecule has 5 heteroatoms. The van der Waals surface area contributed by atoms with Crippen LogP contribution in [0.4, 0.5) is 5.69 Å². The van der Waals surface area contributed by atoms with E-state index < -0.39 is 6.10 Å². The van der Waals surface area contributed by atoms with E-state index in [0.717, 1.165) is 0 Å². The molecule has 0 spiro atoms. The second kappa shape index (κ2) is 4.78. The van der Waals surface area contributed by atoms with Crippen LogP contribution in [0.5, 0.6) is 5.75 Å². The number of ketones is 1. The molecule has 0 aromatic heterocycles. The van der Waals surface area contributed by atoms with Crippen LogP contribution in [-0.4, -0.2) is 30.9 Å². The quantitative estimate of drug-likeness (QED) is 0.789. The Hall–Kier alpha value is -1.88. The van der Waals surface area contributed by atoms with Gasteiger partial charge in [0, 0.05) is 5.56 Å². The van der Waals surface area contributed by atoms with Gasteiger partial charge in [-0.1, -0.05) is 0 Å². The minimum absolute atomic E-state index is 0.0202. The summed E-state index contributed by atoms with van der Waals surface area (Å²) in [6.45, 7) is 3.47. The summed E-state index contributed by atoms with van der Waals surface area (Å²) < 4.78 is 5.43. The normalized spacial score (nSPS) is 19.5. The van der Waals surface area contributed by atoms with Gasteiger partial charge in [-0.3, -0.25) is 9.59 Å². The number of hydrogen-bond donors (Lipinski definition) is 2. The van der Waals surface area contributed by atoms with Crippen LogP contribution >= 0.6 is 0 Å². The van der Waals surface area contributed by atoms with Gasteiger partial charge in [0.15, 0.2) is 11.9 Å². The number of benzene rings is 1. The number of nitrogens with one attached hydrogen (secondary N) is 2. The molecule has 0 fully saturated rings. The molecular formula is C13H16N2O3. The Bertz CT molecular complexity index is 499. The number of amides is 1. The Kier molecular flexibility index (Phi) is 3.34. The van der Waals surface area contributed by atoms with Crippen molar-refractivity contribution in [2.45, 2.75) is 26.0 Å². The van der Waals surface area contributed by atoms with Gasteiger partial charge in [-0.2, -0.15) is 0 Å². The lowest BCUT2D eigenvalue weighted by molar-refractivity contribution is -0.122. The Labute approximate surface area is 106 Å². The first-order valence-electron chi connectivity index (χ1n) is 5.86. The predicted octanol–water partition coefficient (Wildman–Crippen LogP) is 1.20. The van der Waals surface area contributed by atoms with Crippen molar-refractivity contribution < 1.29 is 14.3 Å². The molecule has 0 aliphatic carbocycles. The van der Waals surface area contributed by atoms with Gasteiger partial charge >= 0.3 is 0 Å². The maximum absolute atomic E-state index is 12.0. The van der Waals surface area contributed by atoms with Crippen LogP contribution in [0.1, 0.15) is 24.2 Å². The smallest absolute Gasteiger partial charge is 0.265 e. The minimum Gasteiger partial charge on any atom is -0.479 e. The van der Waals surface area contributed by atoms with E-state index in [0.29, 0.717) is 17.0 Å². The third-order valence-corrected chi connectivity index (χ3v) is 3.02. The molecule has 0 bridgehead atoms. The highest BCUT2D eigenvalue weighted by molar-refractivity contribution is 6.03. The largest absolute Gasteiger partial charge is 0.479 e. The molecule has 18 heavy (non-hydrogen) atoms.